The molecule has 0 spiro atoms. The van der Waals surface area contributed by atoms with Gasteiger partial charge < -0.3 is 4.57 Å². The summed E-state index contributed by atoms with van der Waals surface area (Å²) in [5.74, 6) is 0.700. The minimum Gasteiger partial charge on any atom is -0.309 e. The SMILES string of the molecule is CCCc1ccc(-c2ccc(-c3cc(-c4ccccc4)nc(-c4ccc(-n5c6ccccc6c6ccccc65)cc4)n3)cc2)c(C)n1. The highest BCUT2D eigenvalue weighted by Gasteiger charge is 2.14. The Bertz CT molecular complexity index is 2300. The lowest BCUT2D eigenvalue weighted by Gasteiger charge is -2.12. The van der Waals surface area contributed by atoms with Crippen LogP contribution < -0.4 is 0 Å². The van der Waals surface area contributed by atoms with Gasteiger partial charge in [0.15, 0.2) is 5.82 Å². The molecule has 8 aromatic rings. The molecule has 0 fully saturated rings. The first-order valence-electron chi connectivity index (χ1n) is 16.3. The molecule has 0 N–H and O–H groups in total. The Hall–Kier alpha value is -5.87. The van der Waals surface area contributed by atoms with Crippen LogP contribution in [0.3, 0.4) is 0 Å². The molecule has 3 heterocycles. The zero-order valence-electron chi connectivity index (χ0n) is 26.6. The summed E-state index contributed by atoms with van der Waals surface area (Å²) < 4.78 is 2.33. The number of fused-ring (bicyclic) bond motifs is 3. The lowest BCUT2D eigenvalue weighted by Crippen LogP contribution is -1.97. The quantitative estimate of drug-likeness (QED) is 0.181. The summed E-state index contributed by atoms with van der Waals surface area (Å²) in [4.78, 5) is 15.0. The number of benzene rings is 5. The van der Waals surface area contributed by atoms with E-state index in [-0.39, 0.29) is 0 Å². The fourth-order valence-corrected chi connectivity index (χ4v) is 6.58. The van der Waals surface area contributed by atoms with Crippen molar-refractivity contribution < 1.29 is 0 Å². The van der Waals surface area contributed by atoms with Crippen molar-refractivity contribution in [3.8, 4) is 50.7 Å². The van der Waals surface area contributed by atoms with Gasteiger partial charge in [0.05, 0.1) is 22.4 Å². The largest absolute Gasteiger partial charge is 0.309 e. The second kappa shape index (κ2) is 12.1. The maximum Gasteiger partial charge on any atom is 0.160 e. The Morgan fingerprint density at radius 1 is 0.511 bits per heavy atom. The van der Waals surface area contributed by atoms with Gasteiger partial charge in [0.25, 0.3) is 0 Å². The number of pyridine rings is 1. The van der Waals surface area contributed by atoms with Gasteiger partial charge in [0, 0.05) is 50.1 Å². The lowest BCUT2D eigenvalue weighted by atomic mass is 10.00. The second-order valence-electron chi connectivity index (χ2n) is 12.0. The maximum absolute atomic E-state index is 5.11. The van der Waals surface area contributed by atoms with E-state index in [9.17, 15) is 0 Å². The summed E-state index contributed by atoms with van der Waals surface area (Å²) in [5.41, 5.74) is 12.9. The zero-order chi connectivity index (χ0) is 31.7. The molecule has 0 saturated carbocycles. The first kappa shape index (κ1) is 28.6. The Labute approximate surface area is 275 Å². The molecule has 0 aliphatic rings. The fraction of sp³-hybridized carbons (Fsp3) is 0.0930. The Morgan fingerprint density at radius 2 is 1.06 bits per heavy atom. The zero-order valence-corrected chi connectivity index (χ0v) is 26.6. The molecule has 0 amide bonds. The topological polar surface area (TPSA) is 43.6 Å². The van der Waals surface area contributed by atoms with Gasteiger partial charge in [-0.2, -0.15) is 0 Å². The molecule has 0 radical (unpaired) electrons. The van der Waals surface area contributed by atoms with Gasteiger partial charge in [-0.25, -0.2) is 9.97 Å². The van der Waals surface area contributed by atoms with Crippen molar-refractivity contribution in [2.75, 3.05) is 0 Å². The third kappa shape index (κ3) is 5.38. The molecule has 4 heteroatoms. The van der Waals surface area contributed by atoms with Gasteiger partial charge in [-0.3, -0.25) is 4.98 Å². The van der Waals surface area contributed by atoms with Gasteiger partial charge in [-0.05, 0) is 67.4 Å². The molecule has 5 aromatic carbocycles. The van der Waals surface area contributed by atoms with Crippen LogP contribution in [0.15, 0.2) is 146 Å². The van der Waals surface area contributed by atoms with Crippen LogP contribution in [0.4, 0.5) is 0 Å². The summed E-state index contributed by atoms with van der Waals surface area (Å²) in [7, 11) is 0. The van der Waals surface area contributed by atoms with Crippen molar-refractivity contribution in [2.24, 2.45) is 0 Å². The smallest absolute Gasteiger partial charge is 0.160 e. The first-order chi connectivity index (χ1) is 23.2. The van der Waals surface area contributed by atoms with Crippen molar-refractivity contribution in [1.82, 2.24) is 19.5 Å². The van der Waals surface area contributed by atoms with Gasteiger partial charge in [-0.15, -0.1) is 0 Å². The number of hydrogen-bond donors (Lipinski definition) is 0. The molecule has 0 bridgehead atoms. The van der Waals surface area contributed by atoms with E-state index in [0.717, 1.165) is 69.1 Å². The van der Waals surface area contributed by atoms with Crippen LogP contribution in [0.2, 0.25) is 0 Å². The molecule has 0 aliphatic carbocycles. The standard InChI is InChI=1S/C43H34N4/c1-3-11-34-24-27-36(29(2)44-34)30-18-20-32(21-19-30)40-28-39(31-12-5-4-6-13-31)45-43(46-40)33-22-25-35(26-23-33)47-41-16-9-7-14-37(41)38-15-8-10-17-42(38)47/h4-10,12-28H,3,11H2,1-2H3. The Kier molecular flexibility index (Phi) is 7.39. The molecule has 4 nitrogen and oxygen atoms in total. The van der Waals surface area contributed by atoms with Gasteiger partial charge in [0.1, 0.15) is 0 Å². The van der Waals surface area contributed by atoms with Crippen molar-refractivity contribution in [3.63, 3.8) is 0 Å². The number of aryl methyl sites for hydroxylation is 2. The van der Waals surface area contributed by atoms with Crippen LogP contribution in [0.5, 0.6) is 0 Å². The van der Waals surface area contributed by atoms with Gasteiger partial charge in [0.2, 0.25) is 0 Å². The highest BCUT2D eigenvalue weighted by molar-refractivity contribution is 6.09. The summed E-state index contributed by atoms with van der Waals surface area (Å²) in [5, 5.41) is 2.50. The van der Waals surface area contributed by atoms with E-state index in [1.54, 1.807) is 0 Å². The third-order valence-corrected chi connectivity index (χ3v) is 8.90. The van der Waals surface area contributed by atoms with E-state index in [2.05, 4.69) is 146 Å². The molecule has 0 saturated heterocycles. The summed E-state index contributed by atoms with van der Waals surface area (Å²) in [6.45, 7) is 4.28. The fourth-order valence-electron chi connectivity index (χ4n) is 6.58. The first-order valence-corrected chi connectivity index (χ1v) is 16.3. The third-order valence-electron chi connectivity index (χ3n) is 8.90. The predicted molar refractivity (Wildman–Crippen MR) is 195 cm³/mol. The summed E-state index contributed by atoms with van der Waals surface area (Å²) in [6.07, 6.45) is 2.10. The number of para-hydroxylation sites is 2. The molecule has 0 atom stereocenters. The molecule has 0 aliphatic heterocycles. The highest BCUT2D eigenvalue weighted by atomic mass is 15.0. The number of nitrogens with zero attached hydrogens (tertiary/aromatic N) is 4. The number of rotatable bonds is 7. The molecular weight excluding hydrogens is 573 g/mol. The van der Waals surface area contributed by atoms with Crippen LogP contribution in [0.25, 0.3) is 72.5 Å². The maximum atomic E-state index is 5.11. The van der Waals surface area contributed by atoms with Crippen LogP contribution in [0.1, 0.15) is 24.7 Å². The minimum absolute atomic E-state index is 0.700. The minimum atomic E-state index is 0.700. The van der Waals surface area contributed by atoms with Crippen molar-refractivity contribution in [2.45, 2.75) is 26.7 Å². The van der Waals surface area contributed by atoms with Crippen LogP contribution in [-0.4, -0.2) is 19.5 Å². The van der Waals surface area contributed by atoms with Crippen molar-refractivity contribution in [3.05, 3.63) is 157 Å². The van der Waals surface area contributed by atoms with Gasteiger partial charge >= 0.3 is 0 Å². The van der Waals surface area contributed by atoms with E-state index in [1.807, 2.05) is 18.2 Å². The van der Waals surface area contributed by atoms with Crippen LogP contribution in [-0.2, 0) is 6.42 Å². The van der Waals surface area contributed by atoms with Gasteiger partial charge in [-0.1, -0.05) is 110 Å². The normalized spacial score (nSPS) is 11.4. The van der Waals surface area contributed by atoms with E-state index < -0.39 is 0 Å². The molecule has 226 valence electrons. The average molecular weight is 607 g/mol. The number of hydrogen-bond acceptors (Lipinski definition) is 3. The van der Waals surface area contributed by atoms with Crippen molar-refractivity contribution in [1.29, 1.82) is 0 Å². The van der Waals surface area contributed by atoms with E-state index in [4.69, 9.17) is 15.0 Å². The summed E-state index contributed by atoms with van der Waals surface area (Å²) >= 11 is 0. The second-order valence-corrected chi connectivity index (χ2v) is 12.0. The van der Waals surface area contributed by atoms with E-state index in [0.29, 0.717) is 5.82 Å². The lowest BCUT2D eigenvalue weighted by molar-refractivity contribution is 0.875. The van der Waals surface area contributed by atoms with Crippen LogP contribution in [0, 0.1) is 6.92 Å². The van der Waals surface area contributed by atoms with E-state index in [1.165, 1.54) is 21.8 Å². The molecule has 3 aromatic heterocycles. The Morgan fingerprint density at radius 3 is 1.68 bits per heavy atom. The molecular formula is C43H34N4. The van der Waals surface area contributed by atoms with Crippen molar-refractivity contribution >= 4 is 21.8 Å². The highest BCUT2D eigenvalue weighted by Crippen LogP contribution is 2.34. The summed E-state index contributed by atoms with van der Waals surface area (Å²) in [6, 6.07) is 51.2. The predicted octanol–water partition coefficient (Wildman–Crippen LogP) is 10.9. The monoisotopic (exact) mass is 606 g/mol. The van der Waals surface area contributed by atoms with E-state index >= 15 is 0 Å². The average Bonchev–Trinajstić information content (AvgIpc) is 3.47. The molecule has 47 heavy (non-hydrogen) atoms. The molecule has 0 unspecified atom stereocenters. The molecule has 8 rings (SSSR count). The Balaban J connectivity index is 1.19. The van der Waals surface area contributed by atoms with Crippen LogP contribution >= 0.6 is 0 Å². The number of aromatic nitrogens is 4.